The third-order valence-corrected chi connectivity index (χ3v) is 4.22. The maximum absolute atomic E-state index is 10.9. The van der Waals surface area contributed by atoms with Crippen LogP contribution in [0.3, 0.4) is 0 Å². The first kappa shape index (κ1) is 14.1. The molecule has 0 aliphatic carbocycles. The van der Waals surface area contributed by atoms with Gasteiger partial charge >= 0.3 is 5.97 Å². The largest absolute Gasteiger partial charge is 0.477 e. The molecule has 4 nitrogen and oxygen atoms in total. The molecule has 0 saturated carbocycles. The van der Waals surface area contributed by atoms with Gasteiger partial charge in [0, 0.05) is 18.6 Å². The Morgan fingerprint density at radius 3 is 2.53 bits per heavy atom. The maximum Gasteiger partial charge on any atom is 0.349 e. The Labute approximate surface area is 124 Å². The minimum Gasteiger partial charge on any atom is -0.477 e. The van der Waals surface area contributed by atoms with E-state index in [2.05, 4.69) is 4.98 Å². The topological polar surface area (TPSA) is 53.4 Å². The van der Waals surface area contributed by atoms with Crippen molar-refractivity contribution in [3.05, 3.63) is 44.9 Å². The molecule has 0 aliphatic heterocycles. The lowest BCUT2D eigenvalue weighted by Gasteiger charge is -2.15. The fourth-order valence-electron chi connectivity index (χ4n) is 1.52. The van der Waals surface area contributed by atoms with Gasteiger partial charge in [-0.3, -0.25) is 0 Å². The van der Waals surface area contributed by atoms with Crippen LogP contribution in [-0.2, 0) is 6.54 Å². The highest BCUT2D eigenvalue weighted by Gasteiger charge is 2.17. The predicted octanol–water partition coefficient (Wildman–Crippen LogP) is 3.78. The number of anilines is 1. The second-order valence-electron chi connectivity index (χ2n) is 3.90. The summed E-state index contributed by atoms with van der Waals surface area (Å²) in [4.78, 5) is 16.8. The molecule has 0 bridgehead atoms. The fourth-order valence-corrected chi connectivity index (χ4v) is 2.73. The van der Waals surface area contributed by atoms with Crippen molar-refractivity contribution < 1.29 is 9.90 Å². The lowest BCUT2D eigenvalue weighted by Crippen LogP contribution is -2.15. The molecule has 1 aromatic carbocycles. The van der Waals surface area contributed by atoms with Crippen molar-refractivity contribution in [3.63, 3.8) is 0 Å². The van der Waals surface area contributed by atoms with Crippen LogP contribution in [0.15, 0.2) is 24.3 Å². The molecule has 0 unspecified atom stereocenters. The van der Waals surface area contributed by atoms with Crippen molar-refractivity contribution in [2.24, 2.45) is 0 Å². The van der Waals surface area contributed by atoms with Gasteiger partial charge in [0.1, 0.15) is 0 Å². The van der Waals surface area contributed by atoms with E-state index < -0.39 is 5.97 Å². The normalized spacial score (nSPS) is 10.5. The second kappa shape index (κ2) is 5.77. The van der Waals surface area contributed by atoms with Gasteiger partial charge in [0.2, 0.25) is 0 Å². The van der Waals surface area contributed by atoms with Crippen molar-refractivity contribution in [1.82, 2.24) is 4.98 Å². The summed E-state index contributed by atoms with van der Waals surface area (Å²) < 4.78 is 0. The van der Waals surface area contributed by atoms with Crippen molar-refractivity contribution in [3.8, 4) is 0 Å². The second-order valence-corrected chi connectivity index (χ2v) is 5.68. The van der Waals surface area contributed by atoms with Gasteiger partial charge in [-0.2, -0.15) is 0 Å². The highest BCUT2D eigenvalue weighted by Crippen LogP contribution is 2.29. The molecule has 7 heteroatoms. The Balaban J connectivity index is 2.15. The molecule has 19 heavy (non-hydrogen) atoms. The smallest absolute Gasteiger partial charge is 0.349 e. The third kappa shape index (κ3) is 3.37. The first-order valence-corrected chi connectivity index (χ1v) is 6.90. The van der Waals surface area contributed by atoms with Crippen molar-refractivity contribution in [1.29, 1.82) is 0 Å². The number of aromatic nitrogens is 1. The van der Waals surface area contributed by atoms with E-state index in [0.717, 1.165) is 16.9 Å². The Morgan fingerprint density at radius 1 is 1.37 bits per heavy atom. The molecule has 0 spiro atoms. The average molecular weight is 317 g/mol. The molecule has 1 aromatic heterocycles. The summed E-state index contributed by atoms with van der Waals surface area (Å²) in [6.07, 6.45) is 0. The lowest BCUT2D eigenvalue weighted by atomic mass is 10.2. The van der Waals surface area contributed by atoms with Crippen LogP contribution in [0.1, 0.15) is 15.2 Å². The van der Waals surface area contributed by atoms with E-state index in [1.54, 1.807) is 0 Å². The summed E-state index contributed by atoms with van der Waals surface area (Å²) >= 11 is 12.7. The maximum atomic E-state index is 10.9. The van der Waals surface area contributed by atoms with E-state index >= 15 is 0 Å². The van der Waals surface area contributed by atoms with Crippen LogP contribution < -0.4 is 4.90 Å². The van der Waals surface area contributed by atoms with Crippen LogP contribution in [0.5, 0.6) is 0 Å². The number of rotatable bonds is 4. The van der Waals surface area contributed by atoms with Crippen LogP contribution in [0.25, 0.3) is 0 Å². The summed E-state index contributed by atoms with van der Waals surface area (Å²) in [5, 5.41) is 10.2. The molecule has 2 aromatic rings. The average Bonchev–Trinajstić information content (AvgIpc) is 2.74. The highest BCUT2D eigenvalue weighted by molar-refractivity contribution is 7.18. The summed E-state index contributed by atoms with van der Waals surface area (Å²) in [5.74, 6) is -1.06. The first-order chi connectivity index (χ1) is 8.97. The number of hydrogen-bond donors (Lipinski definition) is 1. The van der Waals surface area contributed by atoms with E-state index in [1.807, 2.05) is 36.2 Å². The highest BCUT2D eigenvalue weighted by atomic mass is 35.5. The molecule has 0 saturated heterocycles. The number of halogens is 2. The van der Waals surface area contributed by atoms with Crippen LogP contribution in [0.4, 0.5) is 5.13 Å². The van der Waals surface area contributed by atoms with Crippen molar-refractivity contribution in [2.45, 2.75) is 6.54 Å². The monoisotopic (exact) mass is 316 g/mol. The van der Waals surface area contributed by atoms with Gasteiger partial charge in [0.25, 0.3) is 0 Å². The van der Waals surface area contributed by atoms with Gasteiger partial charge in [0.15, 0.2) is 15.2 Å². The number of thiazole rings is 1. The Morgan fingerprint density at radius 2 is 2.00 bits per heavy atom. The van der Waals surface area contributed by atoms with Gasteiger partial charge in [-0.05, 0) is 17.7 Å². The van der Waals surface area contributed by atoms with Gasteiger partial charge in [-0.15, -0.1) is 0 Å². The molecule has 1 heterocycles. The number of benzene rings is 1. The lowest BCUT2D eigenvalue weighted by molar-refractivity contribution is 0.0702. The summed E-state index contributed by atoms with van der Waals surface area (Å²) in [7, 11) is 1.83. The molecule has 2 rings (SSSR count). The number of carbonyl (C=O) groups is 1. The van der Waals surface area contributed by atoms with Gasteiger partial charge in [-0.25, -0.2) is 9.78 Å². The molecule has 0 radical (unpaired) electrons. The molecular formula is C12H10Cl2N2O2S. The zero-order valence-corrected chi connectivity index (χ0v) is 12.3. The van der Waals surface area contributed by atoms with Gasteiger partial charge in [0.05, 0.1) is 0 Å². The molecule has 0 aliphatic rings. The van der Waals surface area contributed by atoms with Crippen LogP contribution in [-0.4, -0.2) is 23.1 Å². The zero-order chi connectivity index (χ0) is 14.0. The number of carboxylic acids is 1. The van der Waals surface area contributed by atoms with E-state index in [1.165, 1.54) is 0 Å². The standard InChI is InChI=1S/C12H10Cl2N2O2S/c1-16(6-7-2-4-8(13)5-3-7)12-15-10(14)9(19-12)11(17)18/h2-5H,6H2,1H3,(H,17,18). The van der Waals surface area contributed by atoms with E-state index in [4.69, 9.17) is 28.3 Å². The molecule has 1 N–H and O–H groups in total. The molecular weight excluding hydrogens is 307 g/mol. The van der Waals surface area contributed by atoms with Crippen molar-refractivity contribution in [2.75, 3.05) is 11.9 Å². The van der Waals surface area contributed by atoms with E-state index in [0.29, 0.717) is 16.7 Å². The molecule has 0 fully saturated rings. The molecule has 0 atom stereocenters. The summed E-state index contributed by atoms with van der Waals surface area (Å²) in [5.41, 5.74) is 1.05. The van der Waals surface area contributed by atoms with Crippen LogP contribution in [0.2, 0.25) is 10.2 Å². The van der Waals surface area contributed by atoms with Gasteiger partial charge in [-0.1, -0.05) is 46.7 Å². The Hall–Kier alpha value is -1.30. The fraction of sp³-hybridized carbons (Fsp3) is 0.167. The predicted molar refractivity (Wildman–Crippen MR) is 77.6 cm³/mol. The quantitative estimate of drug-likeness (QED) is 0.932. The van der Waals surface area contributed by atoms with Crippen LogP contribution >= 0.6 is 34.5 Å². The SMILES string of the molecule is CN(Cc1ccc(Cl)cc1)c1nc(Cl)c(C(=O)O)s1. The van der Waals surface area contributed by atoms with Crippen molar-refractivity contribution >= 4 is 45.6 Å². The zero-order valence-electron chi connectivity index (χ0n) is 9.93. The Kier molecular flexibility index (Phi) is 4.29. The van der Waals surface area contributed by atoms with E-state index in [-0.39, 0.29) is 10.0 Å². The van der Waals surface area contributed by atoms with E-state index in [9.17, 15) is 4.79 Å². The molecule has 0 amide bonds. The molecule has 100 valence electrons. The Bertz CT molecular complexity index is 598. The number of hydrogen-bond acceptors (Lipinski definition) is 4. The number of aromatic carboxylic acids is 1. The summed E-state index contributed by atoms with van der Waals surface area (Å²) in [6, 6.07) is 7.43. The minimum absolute atomic E-state index is 0.0236. The minimum atomic E-state index is -1.06. The first-order valence-electron chi connectivity index (χ1n) is 5.32. The summed E-state index contributed by atoms with van der Waals surface area (Å²) in [6.45, 7) is 0.597. The van der Waals surface area contributed by atoms with Crippen LogP contribution in [0, 0.1) is 0 Å². The number of carboxylic acid groups (broad SMARTS) is 1. The third-order valence-electron chi connectivity index (χ3n) is 2.43. The number of nitrogens with zero attached hydrogens (tertiary/aromatic N) is 2. The van der Waals surface area contributed by atoms with Gasteiger partial charge < -0.3 is 10.0 Å².